The van der Waals surface area contributed by atoms with Crippen molar-refractivity contribution in [2.75, 3.05) is 5.32 Å². The molecule has 0 spiro atoms. The Kier molecular flexibility index (Phi) is 5.03. The molecule has 1 atom stereocenters. The number of carboxylic acid groups (broad SMARTS) is 1. The fourth-order valence-electron chi connectivity index (χ4n) is 2.12. The highest BCUT2D eigenvalue weighted by molar-refractivity contribution is 6.34. The largest absolute Gasteiger partial charge is 0.480 e. The number of hydrogen-bond acceptors (Lipinski definition) is 3. The molecule has 1 aromatic rings. The molecule has 118 valence electrons. The van der Waals surface area contributed by atoms with Gasteiger partial charge in [-0.05, 0) is 30.5 Å². The van der Waals surface area contributed by atoms with Crippen LogP contribution in [0.15, 0.2) is 18.2 Å². The Bertz CT molecular complexity index is 614. The summed E-state index contributed by atoms with van der Waals surface area (Å²) in [6.07, 6.45) is 2.42. The summed E-state index contributed by atoms with van der Waals surface area (Å²) < 4.78 is 0. The van der Waals surface area contributed by atoms with E-state index in [0.717, 1.165) is 12.8 Å². The van der Waals surface area contributed by atoms with Gasteiger partial charge in [-0.1, -0.05) is 24.4 Å². The molecule has 0 radical (unpaired) electrons. The van der Waals surface area contributed by atoms with Gasteiger partial charge in [0.05, 0.1) is 10.6 Å². The molecule has 1 fully saturated rings. The standard InChI is InChI=1S/C15H17ClN2O4/c1-8(19)17-10-4-5-12(16)11(7-10)14(20)18-13(15(21)22)6-9-2-3-9/h4-5,7,9,13H,2-3,6H2,1H3,(H,17,19)(H,18,20)(H,21,22). The number of carboxylic acids is 1. The molecule has 0 heterocycles. The van der Waals surface area contributed by atoms with E-state index in [0.29, 0.717) is 18.0 Å². The van der Waals surface area contributed by atoms with E-state index in [1.165, 1.54) is 19.1 Å². The van der Waals surface area contributed by atoms with Crippen LogP contribution >= 0.6 is 11.6 Å². The summed E-state index contributed by atoms with van der Waals surface area (Å²) in [5.41, 5.74) is 0.561. The summed E-state index contributed by atoms with van der Waals surface area (Å²) in [6.45, 7) is 1.35. The first-order chi connectivity index (χ1) is 10.4. The first-order valence-corrected chi connectivity index (χ1v) is 7.35. The fraction of sp³-hybridized carbons (Fsp3) is 0.400. The molecule has 0 aliphatic heterocycles. The minimum atomic E-state index is -1.06. The summed E-state index contributed by atoms with van der Waals surface area (Å²) in [5, 5.41) is 14.4. The van der Waals surface area contributed by atoms with Gasteiger partial charge in [-0.2, -0.15) is 0 Å². The van der Waals surface area contributed by atoms with E-state index in [4.69, 9.17) is 11.6 Å². The maximum Gasteiger partial charge on any atom is 0.326 e. The number of amides is 2. The number of halogens is 1. The summed E-state index contributed by atoms with van der Waals surface area (Å²) in [6, 6.07) is 3.55. The molecule has 0 aromatic heterocycles. The van der Waals surface area contributed by atoms with Crippen LogP contribution in [0.1, 0.15) is 36.5 Å². The van der Waals surface area contributed by atoms with Crippen molar-refractivity contribution in [1.29, 1.82) is 0 Å². The lowest BCUT2D eigenvalue weighted by atomic mass is 10.1. The highest BCUT2D eigenvalue weighted by Gasteiger charge is 2.30. The smallest absolute Gasteiger partial charge is 0.326 e. The van der Waals surface area contributed by atoms with Crippen molar-refractivity contribution in [3.8, 4) is 0 Å². The molecule has 2 rings (SSSR count). The third kappa shape index (κ3) is 4.46. The van der Waals surface area contributed by atoms with Gasteiger partial charge in [-0.25, -0.2) is 4.79 Å². The van der Waals surface area contributed by atoms with Crippen molar-refractivity contribution < 1.29 is 19.5 Å². The Morgan fingerprint density at radius 1 is 1.36 bits per heavy atom. The van der Waals surface area contributed by atoms with Crippen LogP contribution in [0.2, 0.25) is 5.02 Å². The number of nitrogens with one attached hydrogen (secondary N) is 2. The van der Waals surface area contributed by atoms with E-state index in [9.17, 15) is 19.5 Å². The Hall–Kier alpha value is -2.08. The van der Waals surface area contributed by atoms with Crippen LogP contribution in [0, 0.1) is 5.92 Å². The Morgan fingerprint density at radius 2 is 2.05 bits per heavy atom. The maximum absolute atomic E-state index is 12.2. The molecule has 6 nitrogen and oxygen atoms in total. The molecule has 1 aromatic carbocycles. The normalized spacial score (nSPS) is 15.0. The Labute approximate surface area is 132 Å². The number of hydrogen-bond donors (Lipinski definition) is 3. The van der Waals surface area contributed by atoms with Gasteiger partial charge in [0.15, 0.2) is 0 Å². The summed E-state index contributed by atoms with van der Waals surface area (Å²) >= 11 is 5.99. The molecule has 1 saturated carbocycles. The lowest BCUT2D eigenvalue weighted by Gasteiger charge is -2.15. The number of benzene rings is 1. The van der Waals surface area contributed by atoms with Crippen LogP contribution in [-0.4, -0.2) is 28.9 Å². The predicted octanol–water partition coefficient (Wildman–Crippen LogP) is 2.28. The molecule has 3 N–H and O–H groups in total. The zero-order chi connectivity index (χ0) is 16.3. The molecule has 0 bridgehead atoms. The highest BCUT2D eigenvalue weighted by atomic mass is 35.5. The van der Waals surface area contributed by atoms with Gasteiger partial charge in [0, 0.05) is 12.6 Å². The van der Waals surface area contributed by atoms with Crippen LogP contribution in [0.25, 0.3) is 0 Å². The monoisotopic (exact) mass is 324 g/mol. The second-order valence-electron chi connectivity index (χ2n) is 5.42. The predicted molar refractivity (Wildman–Crippen MR) is 82.0 cm³/mol. The van der Waals surface area contributed by atoms with Crippen molar-refractivity contribution in [2.24, 2.45) is 5.92 Å². The van der Waals surface area contributed by atoms with Gasteiger partial charge in [-0.3, -0.25) is 9.59 Å². The number of anilines is 1. The molecule has 2 amide bonds. The zero-order valence-corrected chi connectivity index (χ0v) is 12.8. The van der Waals surface area contributed by atoms with Crippen molar-refractivity contribution in [1.82, 2.24) is 5.32 Å². The van der Waals surface area contributed by atoms with Crippen LogP contribution in [-0.2, 0) is 9.59 Å². The van der Waals surface area contributed by atoms with Crippen LogP contribution in [0.5, 0.6) is 0 Å². The van der Waals surface area contributed by atoms with E-state index in [1.807, 2.05) is 0 Å². The Balaban J connectivity index is 2.12. The number of aliphatic carboxylic acids is 1. The van der Waals surface area contributed by atoms with Gasteiger partial charge < -0.3 is 15.7 Å². The number of rotatable bonds is 6. The van der Waals surface area contributed by atoms with Gasteiger partial charge >= 0.3 is 5.97 Å². The molecule has 22 heavy (non-hydrogen) atoms. The molecule has 0 saturated heterocycles. The number of carbonyl (C=O) groups is 3. The van der Waals surface area contributed by atoms with Gasteiger partial charge in [0.2, 0.25) is 5.91 Å². The molecule has 1 aliphatic carbocycles. The second-order valence-corrected chi connectivity index (χ2v) is 5.83. The minimum Gasteiger partial charge on any atom is -0.480 e. The van der Waals surface area contributed by atoms with E-state index < -0.39 is 17.9 Å². The van der Waals surface area contributed by atoms with E-state index in [2.05, 4.69) is 10.6 Å². The lowest BCUT2D eigenvalue weighted by molar-refractivity contribution is -0.139. The zero-order valence-electron chi connectivity index (χ0n) is 12.1. The molecular formula is C15H17ClN2O4. The van der Waals surface area contributed by atoms with Gasteiger partial charge in [-0.15, -0.1) is 0 Å². The van der Waals surface area contributed by atoms with Crippen molar-refractivity contribution in [3.63, 3.8) is 0 Å². The summed E-state index contributed by atoms with van der Waals surface area (Å²) in [4.78, 5) is 34.5. The topological polar surface area (TPSA) is 95.5 Å². The molecule has 7 heteroatoms. The van der Waals surface area contributed by atoms with E-state index >= 15 is 0 Å². The first kappa shape index (κ1) is 16.3. The van der Waals surface area contributed by atoms with Crippen LogP contribution < -0.4 is 10.6 Å². The minimum absolute atomic E-state index is 0.134. The van der Waals surface area contributed by atoms with Crippen molar-refractivity contribution >= 4 is 35.1 Å². The summed E-state index contributed by atoms with van der Waals surface area (Å²) in [5.74, 6) is -1.53. The van der Waals surface area contributed by atoms with E-state index in [1.54, 1.807) is 6.07 Å². The summed E-state index contributed by atoms with van der Waals surface area (Å²) in [7, 11) is 0. The average Bonchev–Trinajstić information content (AvgIpc) is 3.23. The third-order valence-corrected chi connectivity index (χ3v) is 3.73. The lowest BCUT2D eigenvalue weighted by Crippen LogP contribution is -2.41. The Morgan fingerprint density at radius 3 is 2.59 bits per heavy atom. The maximum atomic E-state index is 12.2. The van der Waals surface area contributed by atoms with Gasteiger partial charge in [0.25, 0.3) is 5.91 Å². The second kappa shape index (κ2) is 6.79. The molecule has 1 aliphatic rings. The fourth-order valence-corrected chi connectivity index (χ4v) is 2.33. The van der Waals surface area contributed by atoms with Crippen molar-refractivity contribution in [2.45, 2.75) is 32.2 Å². The SMILES string of the molecule is CC(=O)Nc1ccc(Cl)c(C(=O)NC(CC2CC2)C(=O)O)c1. The quantitative estimate of drug-likeness (QED) is 0.748. The van der Waals surface area contributed by atoms with Crippen molar-refractivity contribution in [3.05, 3.63) is 28.8 Å². The van der Waals surface area contributed by atoms with E-state index in [-0.39, 0.29) is 16.5 Å². The third-order valence-electron chi connectivity index (χ3n) is 3.40. The van der Waals surface area contributed by atoms with Crippen LogP contribution in [0.4, 0.5) is 5.69 Å². The number of carbonyl (C=O) groups excluding carboxylic acids is 2. The molecular weight excluding hydrogens is 308 g/mol. The molecule has 1 unspecified atom stereocenters. The first-order valence-electron chi connectivity index (χ1n) is 6.97. The highest BCUT2D eigenvalue weighted by Crippen LogP contribution is 2.33. The van der Waals surface area contributed by atoms with Gasteiger partial charge in [0.1, 0.15) is 6.04 Å². The average molecular weight is 325 g/mol. The van der Waals surface area contributed by atoms with Crippen LogP contribution in [0.3, 0.4) is 0 Å².